The lowest BCUT2D eigenvalue weighted by Crippen LogP contribution is -2.43. The van der Waals surface area contributed by atoms with E-state index in [2.05, 4.69) is 129 Å². The van der Waals surface area contributed by atoms with Gasteiger partial charge in [-0.05, 0) is 68.1 Å². The van der Waals surface area contributed by atoms with Crippen molar-refractivity contribution in [2.24, 2.45) is 0 Å². The molecule has 7 aromatic carbocycles. The van der Waals surface area contributed by atoms with Gasteiger partial charge in [-0.25, -0.2) is 15.0 Å². The minimum atomic E-state index is -0.110. The van der Waals surface area contributed by atoms with Gasteiger partial charge >= 0.3 is 0 Å². The minimum absolute atomic E-state index is 0.0819. The van der Waals surface area contributed by atoms with E-state index in [1.165, 1.54) is 54.8 Å². The number of aromatic nitrogens is 4. The molecule has 254 valence electrons. The maximum absolute atomic E-state index is 5.06. The van der Waals surface area contributed by atoms with Gasteiger partial charge < -0.3 is 4.57 Å². The van der Waals surface area contributed by atoms with Gasteiger partial charge in [0.15, 0.2) is 17.5 Å². The zero-order chi connectivity index (χ0) is 35.9. The van der Waals surface area contributed by atoms with Crippen LogP contribution in [0.3, 0.4) is 0 Å². The molecule has 0 radical (unpaired) electrons. The van der Waals surface area contributed by atoms with Crippen LogP contribution >= 0.6 is 0 Å². The Kier molecular flexibility index (Phi) is 6.84. The summed E-state index contributed by atoms with van der Waals surface area (Å²) >= 11 is 0. The molecule has 0 atom stereocenters. The maximum atomic E-state index is 5.06. The normalized spacial score (nSPS) is 14.3. The largest absolute Gasteiger partial charge is 0.309 e. The van der Waals surface area contributed by atoms with Crippen molar-refractivity contribution in [3.63, 3.8) is 0 Å². The highest BCUT2D eigenvalue weighted by Gasteiger charge is 2.47. The minimum Gasteiger partial charge on any atom is -0.309 e. The van der Waals surface area contributed by atoms with Gasteiger partial charge in [0, 0.05) is 33.2 Å². The summed E-state index contributed by atoms with van der Waals surface area (Å²) in [4.78, 5) is 15.0. The lowest BCUT2D eigenvalue weighted by molar-refractivity contribution is 0.300. The lowest BCUT2D eigenvalue weighted by atomic mass is 9.54. The molecular formula is C49H38N4. The Morgan fingerprint density at radius 1 is 0.415 bits per heavy atom. The van der Waals surface area contributed by atoms with Gasteiger partial charge in [0.05, 0.1) is 11.0 Å². The van der Waals surface area contributed by atoms with Crippen LogP contribution in [0.5, 0.6) is 0 Å². The van der Waals surface area contributed by atoms with Gasteiger partial charge in [0.25, 0.3) is 0 Å². The summed E-state index contributed by atoms with van der Waals surface area (Å²) in [6.07, 6.45) is 0. The Morgan fingerprint density at radius 2 is 0.943 bits per heavy atom. The van der Waals surface area contributed by atoms with E-state index >= 15 is 0 Å². The van der Waals surface area contributed by atoms with Gasteiger partial charge in [-0.15, -0.1) is 0 Å². The highest BCUT2D eigenvalue weighted by atomic mass is 15.0. The van der Waals surface area contributed by atoms with Crippen molar-refractivity contribution in [2.45, 2.75) is 38.5 Å². The molecule has 10 rings (SSSR count). The fraction of sp³-hybridized carbons (Fsp3) is 0.122. The first-order valence-corrected chi connectivity index (χ1v) is 18.4. The van der Waals surface area contributed by atoms with Crippen LogP contribution in [0.15, 0.2) is 158 Å². The molecule has 1 aliphatic carbocycles. The topological polar surface area (TPSA) is 43.6 Å². The number of hydrogen-bond donors (Lipinski definition) is 0. The molecule has 0 amide bonds. The molecule has 0 saturated heterocycles. The molecule has 2 heterocycles. The van der Waals surface area contributed by atoms with E-state index < -0.39 is 0 Å². The average molecular weight is 683 g/mol. The second-order valence-electron chi connectivity index (χ2n) is 15.3. The van der Waals surface area contributed by atoms with Crippen LogP contribution in [-0.2, 0) is 10.8 Å². The molecule has 1 aliphatic rings. The van der Waals surface area contributed by atoms with Crippen molar-refractivity contribution in [1.82, 2.24) is 19.5 Å². The van der Waals surface area contributed by atoms with Gasteiger partial charge in [-0.1, -0.05) is 161 Å². The molecule has 53 heavy (non-hydrogen) atoms. The van der Waals surface area contributed by atoms with Gasteiger partial charge in [0.2, 0.25) is 0 Å². The van der Waals surface area contributed by atoms with Crippen LogP contribution in [-0.4, -0.2) is 19.5 Å². The van der Waals surface area contributed by atoms with Crippen molar-refractivity contribution in [1.29, 1.82) is 0 Å². The number of hydrogen-bond acceptors (Lipinski definition) is 3. The van der Waals surface area contributed by atoms with Crippen LogP contribution in [0.4, 0.5) is 0 Å². The predicted molar refractivity (Wildman–Crippen MR) is 219 cm³/mol. The van der Waals surface area contributed by atoms with Gasteiger partial charge in [0.1, 0.15) is 0 Å². The van der Waals surface area contributed by atoms with Crippen molar-refractivity contribution >= 4 is 32.6 Å². The summed E-state index contributed by atoms with van der Waals surface area (Å²) in [7, 11) is 0. The zero-order valence-corrected chi connectivity index (χ0v) is 30.3. The fourth-order valence-corrected chi connectivity index (χ4v) is 8.58. The van der Waals surface area contributed by atoms with Crippen molar-refractivity contribution < 1.29 is 0 Å². The fourth-order valence-electron chi connectivity index (χ4n) is 8.58. The Morgan fingerprint density at radius 3 is 1.62 bits per heavy atom. The molecule has 4 heteroatoms. The van der Waals surface area contributed by atoms with Crippen LogP contribution in [0.2, 0.25) is 0 Å². The molecule has 0 aliphatic heterocycles. The first kappa shape index (κ1) is 31.4. The number of rotatable bonds is 4. The van der Waals surface area contributed by atoms with E-state index in [4.69, 9.17) is 15.0 Å². The number of para-hydroxylation sites is 1. The molecule has 2 aromatic heterocycles. The first-order valence-electron chi connectivity index (χ1n) is 18.4. The lowest BCUT2D eigenvalue weighted by Gasteiger charge is -2.48. The molecule has 0 spiro atoms. The Balaban J connectivity index is 1.24. The van der Waals surface area contributed by atoms with Crippen molar-refractivity contribution in [3.05, 3.63) is 169 Å². The van der Waals surface area contributed by atoms with Gasteiger partial charge in [-0.2, -0.15) is 0 Å². The highest BCUT2D eigenvalue weighted by molar-refractivity contribution is 6.20. The van der Waals surface area contributed by atoms with Crippen LogP contribution < -0.4 is 0 Å². The highest BCUT2D eigenvalue weighted by Crippen LogP contribution is 2.58. The summed E-state index contributed by atoms with van der Waals surface area (Å²) in [5.41, 5.74) is 11.6. The van der Waals surface area contributed by atoms with Crippen molar-refractivity contribution in [2.75, 3.05) is 0 Å². The Labute approximate surface area is 309 Å². The Bertz CT molecular complexity index is 2820. The Hall–Kier alpha value is -6.39. The zero-order valence-electron chi connectivity index (χ0n) is 30.3. The smallest absolute Gasteiger partial charge is 0.164 e. The predicted octanol–water partition coefficient (Wildman–Crippen LogP) is 12.4. The standard InChI is InChI=1S/C49H38N4/c1-48(2)38-27-26-31-16-11-12-23-36(31)42(38)44-39(49(48,3)4)28-29-41-43(44)37-24-13-14-25-40(37)53(41)35-22-15-21-34(30-35)47-51-45(32-17-7-5-8-18-32)50-46(52-47)33-19-9-6-10-20-33/h5-30H,1-4H3. The van der Waals surface area contributed by atoms with E-state index in [0.717, 1.165) is 22.4 Å². The molecule has 0 bridgehead atoms. The number of benzene rings is 7. The quantitative estimate of drug-likeness (QED) is 0.186. The molecule has 0 unspecified atom stereocenters. The molecule has 0 fully saturated rings. The third-order valence-electron chi connectivity index (χ3n) is 12.0. The molecule has 4 nitrogen and oxygen atoms in total. The van der Waals surface area contributed by atoms with E-state index in [-0.39, 0.29) is 10.8 Å². The SMILES string of the molecule is CC1(C)c2ccc3ccccc3c2-c2c(ccc3c2c2ccccc2n3-c2cccc(-c3nc(-c4ccccc4)nc(-c4ccccc4)n3)c2)C1(C)C. The molecule has 0 saturated carbocycles. The summed E-state index contributed by atoms with van der Waals surface area (Å²) in [5.74, 6) is 1.95. The van der Waals surface area contributed by atoms with Gasteiger partial charge in [-0.3, -0.25) is 0 Å². The molecule has 0 N–H and O–H groups in total. The van der Waals surface area contributed by atoms with Crippen molar-refractivity contribution in [3.8, 4) is 51.0 Å². The van der Waals surface area contributed by atoms with E-state index in [1.54, 1.807) is 0 Å². The number of nitrogens with zero attached hydrogens (tertiary/aromatic N) is 4. The summed E-state index contributed by atoms with van der Waals surface area (Å²) < 4.78 is 2.42. The van der Waals surface area contributed by atoms with Crippen LogP contribution in [0.25, 0.3) is 83.6 Å². The molecular weight excluding hydrogens is 645 g/mol. The second-order valence-corrected chi connectivity index (χ2v) is 15.3. The average Bonchev–Trinajstić information content (AvgIpc) is 3.55. The monoisotopic (exact) mass is 682 g/mol. The first-order chi connectivity index (χ1) is 25.8. The van der Waals surface area contributed by atoms with E-state index in [0.29, 0.717) is 17.5 Å². The third-order valence-corrected chi connectivity index (χ3v) is 12.0. The van der Waals surface area contributed by atoms with Crippen LogP contribution in [0, 0.1) is 0 Å². The van der Waals surface area contributed by atoms with Crippen LogP contribution in [0.1, 0.15) is 38.8 Å². The maximum Gasteiger partial charge on any atom is 0.164 e. The number of fused-ring (bicyclic) bond motifs is 9. The summed E-state index contributed by atoms with van der Waals surface area (Å²) in [5, 5.41) is 5.11. The summed E-state index contributed by atoms with van der Waals surface area (Å²) in [6.45, 7) is 9.66. The second kappa shape index (κ2) is 11.6. The van der Waals surface area contributed by atoms with E-state index in [9.17, 15) is 0 Å². The van der Waals surface area contributed by atoms with E-state index in [1.807, 2.05) is 60.7 Å². The summed E-state index contributed by atoms with van der Waals surface area (Å²) in [6, 6.07) is 56.1. The molecule has 9 aromatic rings. The third kappa shape index (κ3) is 4.65.